The fourth-order valence-corrected chi connectivity index (χ4v) is 6.19. The van der Waals surface area contributed by atoms with Gasteiger partial charge in [0, 0.05) is 61.3 Å². The van der Waals surface area contributed by atoms with Crippen molar-refractivity contribution in [2.24, 2.45) is 0 Å². The third-order valence-electron chi connectivity index (χ3n) is 8.23. The summed E-state index contributed by atoms with van der Waals surface area (Å²) in [7, 11) is 0. The summed E-state index contributed by atoms with van der Waals surface area (Å²) in [6.07, 6.45) is 3.29. The molecule has 1 aromatic heterocycles. The third kappa shape index (κ3) is 4.39. The predicted octanol–water partition coefficient (Wildman–Crippen LogP) is 5.13. The van der Waals surface area contributed by atoms with E-state index >= 15 is 0 Å². The molecule has 2 unspecified atom stereocenters. The van der Waals surface area contributed by atoms with Crippen molar-refractivity contribution in [1.82, 2.24) is 19.7 Å². The van der Waals surface area contributed by atoms with Crippen molar-refractivity contribution in [1.29, 1.82) is 0 Å². The number of esters is 1. The summed E-state index contributed by atoms with van der Waals surface area (Å²) >= 11 is 0. The fourth-order valence-electron chi connectivity index (χ4n) is 6.19. The lowest BCUT2D eigenvalue weighted by Crippen LogP contribution is -2.44. The van der Waals surface area contributed by atoms with Crippen molar-refractivity contribution in [3.8, 4) is 0 Å². The highest BCUT2D eigenvalue weighted by atomic mass is 16.5. The Morgan fingerprint density at radius 2 is 1.79 bits per heavy atom. The maximum atomic E-state index is 14.1. The van der Waals surface area contributed by atoms with E-state index in [2.05, 4.69) is 47.1 Å². The number of hydrogen-bond acceptors (Lipinski definition) is 4. The molecule has 0 spiro atoms. The smallest absolute Gasteiger partial charge is 0.342 e. The molecule has 3 aliphatic rings. The number of nitrogens with zero attached hydrogens (tertiary/aromatic N) is 3. The number of ether oxygens (including phenoxy) is 1. The largest absolute Gasteiger partial charge is 0.459 e. The SMILES string of the molecule is CC(C)OC(=O)C1=CN(C(=O)N2CCCN(Cc3ccccc3)CC2)C2CC2(C)c2c1[nH]c1ccccc21. The van der Waals surface area contributed by atoms with Gasteiger partial charge in [-0.05, 0) is 43.9 Å². The van der Waals surface area contributed by atoms with Gasteiger partial charge in [0.1, 0.15) is 0 Å². The van der Waals surface area contributed by atoms with Crippen molar-refractivity contribution in [2.45, 2.75) is 57.7 Å². The van der Waals surface area contributed by atoms with E-state index in [9.17, 15) is 9.59 Å². The van der Waals surface area contributed by atoms with Crippen molar-refractivity contribution in [3.63, 3.8) is 0 Å². The lowest BCUT2D eigenvalue weighted by atomic mass is 9.92. The van der Waals surface area contributed by atoms with Crippen LogP contribution in [0.1, 0.15) is 50.4 Å². The van der Waals surface area contributed by atoms with Gasteiger partial charge in [-0.2, -0.15) is 0 Å². The molecule has 7 nitrogen and oxygen atoms in total. The van der Waals surface area contributed by atoms with E-state index < -0.39 is 5.97 Å². The average Bonchev–Trinajstić information content (AvgIpc) is 3.52. The maximum absolute atomic E-state index is 14.1. The molecule has 2 aliphatic heterocycles. The second-order valence-electron chi connectivity index (χ2n) is 11.3. The molecule has 1 saturated heterocycles. The number of rotatable bonds is 4. The average molecular weight is 513 g/mol. The molecule has 2 amide bonds. The minimum Gasteiger partial charge on any atom is -0.459 e. The number of carbonyl (C=O) groups excluding carboxylic acids is 2. The van der Waals surface area contributed by atoms with Gasteiger partial charge in [-0.3, -0.25) is 9.80 Å². The van der Waals surface area contributed by atoms with Gasteiger partial charge < -0.3 is 14.6 Å². The summed E-state index contributed by atoms with van der Waals surface area (Å²) in [6.45, 7) is 9.95. The summed E-state index contributed by atoms with van der Waals surface area (Å²) in [5.41, 5.74) is 4.38. The molecule has 3 aromatic rings. The van der Waals surface area contributed by atoms with Crippen LogP contribution in [0.4, 0.5) is 4.79 Å². The number of benzene rings is 2. The Morgan fingerprint density at radius 3 is 2.58 bits per heavy atom. The summed E-state index contributed by atoms with van der Waals surface area (Å²) in [5.74, 6) is -0.402. The molecular weight excluding hydrogens is 476 g/mol. The van der Waals surface area contributed by atoms with Gasteiger partial charge in [-0.25, -0.2) is 9.59 Å². The summed E-state index contributed by atoms with van der Waals surface area (Å²) in [5, 5.41) is 1.11. The summed E-state index contributed by atoms with van der Waals surface area (Å²) in [4.78, 5) is 37.1. The first-order valence-corrected chi connectivity index (χ1v) is 13.7. The van der Waals surface area contributed by atoms with Crippen LogP contribution < -0.4 is 0 Å². The molecule has 0 radical (unpaired) electrons. The Balaban J connectivity index is 1.30. The molecule has 1 N–H and O–H groups in total. The Hall–Kier alpha value is -3.58. The Kier molecular flexibility index (Phi) is 6.26. The lowest BCUT2D eigenvalue weighted by Gasteiger charge is -2.29. The predicted molar refractivity (Wildman–Crippen MR) is 148 cm³/mol. The van der Waals surface area contributed by atoms with E-state index in [-0.39, 0.29) is 23.6 Å². The Morgan fingerprint density at radius 1 is 1.03 bits per heavy atom. The zero-order chi connectivity index (χ0) is 26.4. The van der Waals surface area contributed by atoms with Crippen molar-refractivity contribution < 1.29 is 14.3 Å². The molecule has 38 heavy (non-hydrogen) atoms. The molecule has 2 fully saturated rings. The number of amides is 2. The highest BCUT2D eigenvalue weighted by molar-refractivity contribution is 6.18. The molecule has 7 heteroatoms. The van der Waals surface area contributed by atoms with E-state index in [1.54, 1.807) is 6.20 Å². The molecule has 0 bridgehead atoms. The summed E-state index contributed by atoms with van der Waals surface area (Å²) < 4.78 is 5.66. The molecule has 6 rings (SSSR count). The topological polar surface area (TPSA) is 68.9 Å². The molecule has 2 aromatic carbocycles. The highest BCUT2D eigenvalue weighted by Crippen LogP contribution is 2.57. The first-order chi connectivity index (χ1) is 18.3. The monoisotopic (exact) mass is 512 g/mol. The van der Waals surface area contributed by atoms with Crippen molar-refractivity contribution in [2.75, 3.05) is 26.2 Å². The van der Waals surface area contributed by atoms with Crippen LogP contribution in [0.5, 0.6) is 0 Å². The van der Waals surface area contributed by atoms with E-state index in [4.69, 9.17) is 4.74 Å². The first-order valence-electron chi connectivity index (χ1n) is 13.7. The molecule has 3 heterocycles. The van der Waals surface area contributed by atoms with Crippen molar-refractivity contribution in [3.05, 3.63) is 77.6 Å². The van der Waals surface area contributed by atoms with Gasteiger partial charge in [-0.15, -0.1) is 0 Å². The Bertz CT molecular complexity index is 1390. The van der Waals surface area contributed by atoms with Gasteiger partial charge >= 0.3 is 12.0 Å². The van der Waals surface area contributed by atoms with Gasteiger partial charge in [0.15, 0.2) is 0 Å². The number of aromatic nitrogens is 1. The molecular formula is C31H36N4O3. The van der Waals surface area contributed by atoms with E-state index in [1.807, 2.05) is 47.9 Å². The van der Waals surface area contributed by atoms with Gasteiger partial charge in [0.25, 0.3) is 0 Å². The van der Waals surface area contributed by atoms with Crippen LogP contribution in [0.15, 0.2) is 60.8 Å². The van der Waals surface area contributed by atoms with Crippen LogP contribution >= 0.6 is 0 Å². The second-order valence-corrected chi connectivity index (χ2v) is 11.3. The minimum absolute atomic E-state index is 0.000908. The van der Waals surface area contributed by atoms with Crippen LogP contribution in [0.25, 0.3) is 16.5 Å². The normalized spacial score (nSPS) is 23.4. The van der Waals surface area contributed by atoms with Crippen molar-refractivity contribution >= 4 is 28.5 Å². The van der Waals surface area contributed by atoms with Crippen LogP contribution in [-0.4, -0.2) is 70.0 Å². The van der Waals surface area contributed by atoms with Crippen LogP contribution in [0.3, 0.4) is 0 Å². The molecule has 1 aliphatic carbocycles. The number of carbonyl (C=O) groups is 2. The number of fused-ring (bicyclic) bond motifs is 5. The first kappa shape index (κ1) is 24.7. The highest BCUT2D eigenvalue weighted by Gasteiger charge is 2.59. The Labute approximate surface area is 224 Å². The molecule has 2 atom stereocenters. The van der Waals surface area contributed by atoms with Crippen LogP contribution in [-0.2, 0) is 21.5 Å². The summed E-state index contributed by atoms with van der Waals surface area (Å²) in [6, 6.07) is 18.6. The lowest BCUT2D eigenvalue weighted by molar-refractivity contribution is -0.140. The van der Waals surface area contributed by atoms with Gasteiger partial charge in [0.2, 0.25) is 0 Å². The number of nitrogens with one attached hydrogen (secondary N) is 1. The maximum Gasteiger partial charge on any atom is 0.342 e. The zero-order valence-corrected chi connectivity index (χ0v) is 22.4. The number of urea groups is 1. The molecule has 198 valence electrons. The van der Waals surface area contributed by atoms with E-state index in [1.165, 1.54) is 5.56 Å². The third-order valence-corrected chi connectivity index (χ3v) is 8.23. The minimum atomic E-state index is -0.402. The molecule has 1 saturated carbocycles. The van der Waals surface area contributed by atoms with Gasteiger partial charge in [0.05, 0.1) is 17.4 Å². The van der Waals surface area contributed by atoms with E-state index in [0.29, 0.717) is 18.7 Å². The quantitative estimate of drug-likeness (QED) is 0.492. The zero-order valence-electron chi connectivity index (χ0n) is 22.4. The van der Waals surface area contributed by atoms with Crippen LogP contribution in [0.2, 0.25) is 0 Å². The van der Waals surface area contributed by atoms with E-state index in [0.717, 1.165) is 54.6 Å². The van der Waals surface area contributed by atoms with Gasteiger partial charge in [-0.1, -0.05) is 55.5 Å². The number of aromatic amines is 1. The number of para-hydroxylation sites is 1. The second kappa shape index (κ2) is 9.62. The number of H-pyrrole nitrogens is 1. The number of hydrogen-bond donors (Lipinski definition) is 1. The standard InChI is InChI=1S/C31H36N4O3/c1-21(2)38-29(36)24-20-35(26-18-31(26,3)27-23-12-7-8-13-25(23)32-28(24)27)30(37)34-15-9-14-33(16-17-34)19-22-10-5-4-6-11-22/h4-8,10-13,20-21,26,32H,9,14-19H2,1-3H3. The van der Waals surface area contributed by atoms with Crippen LogP contribution in [0, 0.1) is 0 Å². The fraction of sp³-hybridized carbons (Fsp3) is 0.419.